The second kappa shape index (κ2) is 7.22. The third-order valence-corrected chi connectivity index (χ3v) is 5.32. The van der Waals surface area contributed by atoms with E-state index in [0.717, 1.165) is 24.5 Å². The van der Waals surface area contributed by atoms with Crippen molar-refractivity contribution in [3.8, 4) is 0 Å². The summed E-state index contributed by atoms with van der Waals surface area (Å²) >= 11 is 3.15. The lowest BCUT2D eigenvalue weighted by Gasteiger charge is -2.31. The van der Waals surface area contributed by atoms with E-state index in [0.29, 0.717) is 29.6 Å². The maximum atomic E-state index is 12.3. The Morgan fingerprint density at radius 1 is 1.23 bits per heavy atom. The summed E-state index contributed by atoms with van der Waals surface area (Å²) in [6.45, 7) is 1.28. The van der Waals surface area contributed by atoms with E-state index in [2.05, 4.69) is 36.4 Å². The smallest absolute Gasteiger partial charge is 0.287 e. The fourth-order valence-corrected chi connectivity index (χ4v) is 3.49. The number of hydrogen-bond acceptors (Lipinski definition) is 5. The van der Waals surface area contributed by atoms with E-state index < -0.39 is 5.91 Å². The topological polar surface area (TPSA) is 104 Å². The minimum absolute atomic E-state index is 0.0318. The van der Waals surface area contributed by atoms with Crippen LogP contribution in [0.15, 0.2) is 21.2 Å². The lowest BCUT2D eigenvalue weighted by molar-refractivity contribution is -0.131. The summed E-state index contributed by atoms with van der Waals surface area (Å²) in [6.07, 6.45) is 4.07. The fourth-order valence-electron chi connectivity index (χ4n) is 3.19. The van der Waals surface area contributed by atoms with Gasteiger partial charge in [0.25, 0.3) is 5.91 Å². The van der Waals surface area contributed by atoms with Gasteiger partial charge < -0.3 is 14.6 Å². The Morgan fingerprint density at radius 3 is 2.65 bits per heavy atom. The van der Waals surface area contributed by atoms with E-state index in [1.807, 2.05) is 0 Å². The van der Waals surface area contributed by atoms with Crippen LogP contribution in [0.1, 0.15) is 59.7 Å². The SMILES string of the molecule is O=C(NCC(=O)N1CCC(c2nc(C3CC3)n[nH]2)CC1)c1ccc(Br)o1. The van der Waals surface area contributed by atoms with Gasteiger partial charge in [0.1, 0.15) is 5.82 Å². The van der Waals surface area contributed by atoms with Gasteiger partial charge >= 0.3 is 0 Å². The standard InChI is InChI=1S/C17H20BrN5O3/c18-13-4-3-12(26-13)17(25)19-9-14(24)23-7-5-11(6-8-23)16-20-15(21-22-16)10-1-2-10/h3-4,10-11H,1-2,5-9H2,(H,19,25)(H,20,21,22). The fraction of sp³-hybridized carbons (Fsp3) is 0.529. The second-order valence-corrected chi connectivity index (χ2v) is 7.58. The molecule has 9 heteroatoms. The third-order valence-electron chi connectivity index (χ3n) is 4.89. The first-order chi connectivity index (χ1) is 12.6. The number of nitrogens with zero attached hydrogens (tertiary/aromatic N) is 3. The van der Waals surface area contributed by atoms with Crippen LogP contribution in [0.2, 0.25) is 0 Å². The number of amides is 2. The van der Waals surface area contributed by atoms with Crippen LogP contribution in [0.25, 0.3) is 0 Å². The van der Waals surface area contributed by atoms with Crippen molar-refractivity contribution in [3.05, 3.63) is 34.2 Å². The van der Waals surface area contributed by atoms with E-state index in [1.165, 1.54) is 12.8 Å². The molecule has 0 unspecified atom stereocenters. The Morgan fingerprint density at radius 2 is 2.00 bits per heavy atom. The van der Waals surface area contributed by atoms with Crippen molar-refractivity contribution in [1.82, 2.24) is 25.4 Å². The van der Waals surface area contributed by atoms with Crippen molar-refractivity contribution >= 4 is 27.7 Å². The van der Waals surface area contributed by atoms with Gasteiger partial charge in [-0.3, -0.25) is 14.7 Å². The molecule has 8 nitrogen and oxygen atoms in total. The number of piperidine rings is 1. The minimum Gasteiger partial charge on any atom is -0.444 e. The third kappa shape index (κ3) is 3.82. The average Bonchev–Trinajstić information content (AvgIpc) is 3.22. The van der Waals surface area contributed by atoms with Crippen molar-refractivity contribution < 1.29 is 14.0 Å². The molecule has 2 N–H and O–H groups in total. The largest absolute Gasteiger partial charge is 0.444 e. The highest BCUT2D eigenvalue weighted by molar-refractivity contribution is 9.10. The summed E-state index contributed by atoms with van der Waals surface area (Å²) in [5.74, 6) is 2.43. The average molecular weight is 422 g/mol. The first kappa shape index (κ1) is 17.3. The van der Waals surface area contributed by atoms with Crippen LogP contribution in [-0.4, -0.2) is 51.5 Å². The quantitative estimate of drug-likeness (QED) is 0.769. The van der Waals surface area contributed by atoms with Crippen LogP contribution >= 0.6 is 15.9 Å². The molecular weight excluding hydrogens is 402 g/mol. The molecule has 0 radical (unpaired) electrons. The Labute approximate surface area is 158 Å². The van der Waals surface area contributed by atoms with Crippen molar-refractivity contribution in [3.63, 3.8) is 0 Å². The molecule has 0 aromatic carbocycles. The summed E-state index contributed by atoms with van der Waals surface area (Å²) in [5, 5.41) is 9.98. The Hall–Kier alpha value is -2.16. The van der Waals surface area contributed by atoms with E-state index in [9.17, 15) is 9.59 Å². The number of nitrogens with one attached hydrogen (secondary N) is 2. The molecule has 0 spiro atoms. The number of aromatic amines is 1. The normalized spacial score (nSPS) is 18.1. The van der Waals surface area contributed by atoms with Gasteiger partial charge in [-0.15, -0.1) is 0 Å². The van der Waals surface area contributed by atoms with Gasteiger partial charge in [0.15, 0.2) is 16.3 Å². The molecule has 3 heterocycles. The summed E-state index contributed by atoms with van der Waals surface area (Å²) in [5.41, 5.74) is 0. The molecule has 2 aliphatic rings. The zero-order valence-electron chi connectivity index (χ0n) is 14.2. The Bertz CT molecular complexity index is 805. The molecule has 2 aromatic rings. The lowest BCUT2D eigenvalue weighted by atomic mass is 9.96. The molecule has 1 saturated carbocycles. The van der Waals surface area contributed by atoms with Crippen molar-refractivity contribution in [2.24, 2.45) is 0 Å². The maximum Gasteiger partial charge on any atom is 0.287 e. The summed E-state index contributed by atoms with van der Waals surface area (Å²) in [6, 6.07) is 3.20. The van der Waals surface area contributed by atoms with Gasteiger partial charge in [-0.25, -0.2) is 4.98 Å². The number of hydrogen-bond donors (Lipinski definition) is 2. The molecule has 0 bridgehead atoms. The van der Waals surface area contributed by atoms with Crippen LogP contribution in [0, 0.1) is 0 Å². The molecule has 1 aliphatic carbocycles. The number of carbonyl (C=O) groups excluding carboxylic acids is 2. The molecule has 1 saturated heterocycles. The number of rotatable bonds is 5. The first-order valence-electron chi connectivity index (χ1n) is 8.83. The molecule has 2 fully saturated rings. The number of furan rings is 1. The molecule has 26 heavy (non-hydrogen) atoms. The molecule has 138 valence electrons. The van der Waals surface area contributed by atoms with E-state index in [4.69, 9.17) is 4.42 Å². The van der Waals surface area contributed by atoms with Crippen molar-refractivity contribution in [2.45, 2.75) is 37.5 Å². The second-order valence-electron chi connectivity index (χ2n) is 6.79. The number of halogens is 1. The van der Waals surface area contributed by atoms with Crippen LogP contribution < -0.4 is 5.32 Å². The molecule has 4 rings (SSSR count). The maximum absolute atomic E-state index is 12.3. The van der Waals surface area contributed by atoms with E-state index >= 15 is 0 Å². The Kier molecular flexibility index (Phi) is 4.80. The minimum atomic E-state index is -0.395. The number of likely N-dealkylation sites (tertiary alicyclic amines) is 1. The zero-order valence-corrected chi connectivity index (χ0v) is 15.8. The first-order valence-corrected chi connectivity index (χ1v) is 9.63. The van der Waals surface area contributed by atoms with Gasteiger partial charge in [0, 0.05) is 24.9 Å². The summed E-state index contributed by atoms with van der Waals surface area (Å²) in [7, 11) is 0. The van der Waals surface area contributed by atoms with Gasteiger partial charge in [-0.1, -0.05) is 0 Å². The predicted molar refractivity (Wildman–Crippen MR) is 95.7 cm³/mol. The Balaban J connectivity index is 1.24. The van der Waals surface area contributed by atoms with Crippen LogP contribution in [0.5, 0.6) is 0 Å². The summed E-state index contributed by atoms with van der Waals surface area (Å²) < 4.78 is 5.65. The zero-order chi connectivity index (χ0) is 18.1. The van der Waals surface area contributed by atoms with Crippen molar-refractivity contribution in [1.29, 1.82) is 0 Å². The van der Waals surface area contributed by atoms with Gasteiger partial charge in [0.05, 0.1) is 6.54 Å². The molecular formula is C17H20BrN5O3. The van der Waals surface area contributed by atoms with E-state index in [1.54, 1.807) is 17.0 Å². The highest BCUT2D eigenvalue weighted by atomic mass is 79.9. The highest BCUT2D eigenvalue weighted by Crippen LogP contribution is 2.38. The number of aromatic nitrogens is 3. The summed E-state index contributed by atoms with van der Waals surface area (Å²) in [4.78, 5) is 30.7. The van der Waals surface area contributed by atoms with Gasteiger partial charge in [0.2, 0.25) is 5.91 Å². The molecule has 2 aromatic heterocycles. The van der Waals surface area contributed by atoms with Crippen molar-refractivity contribution in [2.75, 3.05) is 19.6 Å². The monoisotopic (exact) mass is 421 g/mol. The predicted octanol–water partition coefficient (Wildman–Crippen LogP) is 2.17. The lowest BCUT2D eigenvalue weighted by Crippen LogP contribution is -2.43. The van der Waals surface area contributed by atoms with Crippen LogP contribution in [0.3, 0.4) is 0 Å². The number of H-pyrrole nitrogens is 1. The van der Waals surface area contributed by atoms with Gasteiger partial charge in [-0.05, 0) is 53.7 Å². The van der Waals surface area contributed by atoms with Crippen LogP contribution in [-0.2, 0) is 4.79 Å². The van der Waals surface area contributed by atoms with Gasteiger partial charge in [-0.2, -0.15) is 5.10 Å². The number of carbonyl (C=O) groups is 2. The molecule has 1 aliphatic heterocycles. The van der Waals surface area contributed by atoms with E-state index in [-0.39, 0.29) is 18.2 Å². The molecule has 2 amide bonds. The molecule has 0 atom stereocenters. The highest BCUT2D eigenvalue weighted by Gasteiger charge is 2.30. The van der Waals surface area contributed by atoms with Crippen LogP contribution in [0.4, 0.5) is 0 Å².